The van der Waals surface area contributed by atoms with Gasteiger partial charge in [0.05, 0.1) is 12.0 Å². The Bertz CT molecular complexity index is 833. The molecule has 7 nitrogen and oxygen atoms in total. The van der Waals surface area contributed by atoms with Gasteiger partial charge in [0, 0.05) is 32.1 Å². The highest BCUT2D eigenvalue weighted by atomic mass is 35.5. The summed E-state index contributed by atoms with van der Waals surface area (Å²) in [7, 11) is 0. The minimum absolute atomic E-state index is 0.0161. The van der Waals surface area contributed by atoms with Gasteiger partial charge in [0.1, 0.15) is 0 Å². The number of rotatable bonds is 3. The molecule has 2 fully saturated rings. The summed E-state index contributed by atoms with van der Waals surface area (Å²) >= 11 is 5.87. The zero-order valence-electron chi connectivity index (χ0n) is 16.6. The number of hydrogen-bond acceptors (Lipinski definition) is 5. The molecule has 156 valence electrons. The number of carbonyl (C=O) groups is 1. The molecule has 1 N–H and O–H groups in total. The Labute approximate surface area is 175 Å². The van der Waals surface area contributed by atoms with Crippen molar-refractivity contribution in [1.29, 1.82) is 0 Å². The second-order valence-electron chi connectivity index (χ2n) is 8.03. The molecule has 2 amide bonds. The molecule has 0 aliphatic carbocycles. The van der Waals surface area contributed by atoms with Crippen LogP contribution < -0.4 is 0 Å². The lowest BCUT2D eigenvalue weighted by Gasteiger charge is -2.40. The minimum atomic E-state index is -0.307. The van der Waals surface area contributed by atoms with Crippen LogP contribution in [0.25, 0.3) is 0 Å². The summed E-state index contributed by atoms with van der Waals surface area (Å²) in [5.74, 6) is 0.611. The first-order valence-corrected chi connectivity index (χ1v) is 10.7. The molecule has 1 aromatic carbocycles. The highest BCUT2D eigenvalue weighted by molar-refractivity contribution is 6.28. The number of aryl methyl sites for hydroxylation is 1. The van der Waals surface area contributed by atoms with E-state index in [9.17, 15) is 9.90 Å². The first kappa shape index (κ1) is 20.2. The molecule has 2 aromatic rings. The van der Waals surface area contributed by atoms with Crippen molar-refractivity contribution in [3.8, 4) is 0 Å². The van der Waals surface area contributed by atoms with Crippen LogP contribution in [-0.4, -0.2) is 63.4 Å². The van der Waals surface area contributed by atoms with E-state index in [0.717, 1.165) is 12.8 Å². The Morgan fingerprint density at radius 2 is 1.86 bits per heavy atom. The predicted octanol–water partition coefficient (Wildman–Crippen LogP) is 3.44. The monoisotopic (exact) mass is 418 g/mol. The number of aliphatic hydroxyl groups is 1. The summed E-state index contributed by atoms with van der Waals surface area (Å²) in [6, 6.07) is 8.64. The Balaban J connectivity index is 1.55. The molecule has 8 heteroatoms. The van der Waals surface area contributed by atoms with Gasteiger partial charge in [-0.3, -0.25) is 0 Å². The van der Waals surface area contributed by atoms with Gasteiger partial charge in [-0.1, -0.05) is 31.2 Å². The number of hydrogen-bond donors (Lipinski definition) is 1. The molecule has 1 aromatic heterocycles. The number of likely N-dealkylation sites (tertiary alicyclic amines) is 2. The molecular formula is C21H27ClN4O3. The molecule has 3 heterocycles. The van der Waals surface area contributed by atoms with Crippen molar-refractivity contribution < 1.29 is 14.4 Å². The van der Waals surface area contributed by atoms with E-state index in [1.807, 2.05) is 9.80 Å². The average molecular weight is 419 g/mol. The second kappa shape index (κ2) is 8.71. The van der Waals surface area contributed by atoms with Crippen LogP contribution in [0.15, 0.2) is 28.8 Å². The van der Waals surface area contributed by atoms with Crippen LogP contribution in [0.4, 0.5) is 4.79 Å². The molecule has 2 aliphatic rings. The van der Waals surface area contributed by atoms with Gasteiger partial charge in [-0.05, 0) is 53.6 Å². The van der Waals surface area contributed by atoms with E-state index in [0.29, 0.717) is 44.9 Å². The van der Waals surface area contributed by atoms with E-state index < -0.39 is 0 Å². The fourth-order valence-electron chi connectivity index (χ4n) is 4.34. The van der Waals surface area contributed by atoms with Crippen LogP contribution in [-0.2, 0) is 6.42 Å². The van der Waals surface area contributed by atoms with E-state index >= 15 is 0 Å². The zero-order chi connectivity index (χ0) is 20.4. The van der Waals surface area contributed by atoms with E-state index in [2.05, 4.69) is 41.3 Å². The van der Waals surface area contributed by atoms with E-state index in [1.54, 1.807) is 0 Å². The largest absolute Gasteiger partial charge is 0.393 e. The van der Waals surface area contributed by atoms with Crippen molar-refractivity contribution in [2.75, 3.05) is 26.2 Å². The maximum atomic E-state index is 13.2. The van der Waals surface area contributed by atoms with Crippen molar-refractivity contribution in [3.05, 3.63) is 46.6 Å². The van der Waals surface area contributed by atoms with Gasteiger partial charge in [-0.2, -0.15) is 4.98 Å². The first-order chi connectivity index (χ1) is 14.0. The van der Waals surface area contributed by atoms with Crippen LogP contribution in [0.2, 0.25) is 5.28 Å². The van der Waals surface area contributed by atoms with Gasteiger partial charge in [0.25, 0.3) is 5.28 Å². The number of benzene rings is 1. The quantitative estimate of drug-likeness (QED) is 0.825. The Morgan fingerprint density at radius 1 is 1.17 bits per heavy atom. The van der Waals surface area contributed by atoms with Gasteiger partial charge in [-0.25, -0.2) is 4.79 Å². The molecule has 0 bridgehead atoms. The van der Waals surface area contributed by atoms with Crippen molar-refractivity contribution in [2.45, 2.75) is 50.5 Å². The number of aromatic nitrogens is 2. The van der Waals surface area contributed by atoms with E-state index in [-0.39, 0.29) is 29.3 Å². The summed E-state index contributed by atoms with van der Waals surface area (Å²) in [4.78, 5) is 21.1. The van der Waals surface area contributed by atoms with E-state index in [1.165, 1.54) is 11.1 Å². The third-order valence-electron chi connectivity index (χ3n) is 6.08. The van der Waals surface area contributed by atoms with Gasteiger partial charge in [0.2, 0.25) is 5.89 Å². The molecule has 2 atom stereocenters. The van der Waals surface area contributed by atoms with Crippen molar-refractivity contribution >= 4 is 17.6 Å². The molecular weight excluding hydrogens is 392 g/mol. The summed E-state index contributed by atoms with van der Waals surface area (Å²) in [5, 5.41) is 13.6. The molecule has 2 unspecified atom stereocenters. The topological polar surface area (TPSA) is 82.7 Å². The summed E-state index contributed by atoms with van der Waals surface area (Å²) in [6.07, 6.45) is 2.78. The van der Waals surface area contributed by atoms with Crippen LogP contribution in [0.3, 0.4) is 0 Å². The first-order valence-electron chi connectivity index (χ1n) is 10.3. The van der Waals surface area contributed by atoms with Crippen LogP contribution in [0.5, 0.6) is 0 Å². The Morgan fingerprint density at radius 3 is 2.48 bits per heavy atom. The molecule has 0 radical (unpaired) electrons. The maximum absolute atomic E-state index is 13.2. The fraction of sp³-hybridized carbons (Fsp3) is 0.571. The van der Waals surface area contributed by atoms with E-state index in [4.69, 9.17) is 16.1 Å². The zero-order valence-corrected chi connectivity index (χ0v) is 17.4. The van der Waals surface area contributed by atoms with Gasteiger partial charge >= 0.3 is 6.03 Å². The predicted molar refractivity (Wildman–Crippen MR) is 109 cm³/mol. The van der Waals surface area contributed by atoms with Gasteiger partial charge in [-0.15, -0.1) is 0 Å². The highest BCUT2D eigenvalue weighted by Gasteiger charge is 2.36. The van der Waals surface area contributed by atoms with Crippen molar-refractivity contribution in [1.82, 2.24) is 19.9 Å². The lowest BCUT2D eigenvalue weighted by Crippen LogP contribution is -2.51. The number of urea groups is 1. The SMILES string of the molecule is CCc1ccc(C2CC(c3nc(Cl)no3)CN(C(=O)N3CCC(O)CC3)C2)cc1. The molecule has 4 rings (SSSR count). The average Bonchev–Trinajstić information content (AvgIpc) is 3.20. The lowest BCUT2D eigenvalue weighted by molar-refractivity contribution is 0.0744. The van der Waals surface area contributed by atoms with Gasteiger partial charge < -0.3 is 19.4 Å². The number of halogens is 1. The summed E-state index contributed by atoms with van der Waals surface area (Å²) in [5.41, 5.74) is 2.51. The van der Waals surface area contributed by atoms with Crippen LogP contribution >= 0.6 is 11.6 Å². The standard InChI is InChI=1S/C21H27ClN4O3/c1-2-14-3-5-15(6-4-14)16-11-17(19-23-20(22)24-29-19)13-26(12-16)21(28)25-9-7-18(27)8-10-25/h3-6,16-18,27H,2,7-13H2,1H3. The molecule has 2 saturated heterocycles. The number of aliphatic hydroxyl groups excluding tert-OH is 1. The Kier molecular flexibility index (Phi) is 6.06. The van der Waals surface area contributed by atoms with Crippen molar-refractivity contribution in [2.24, 2.45) is 0 Å². The molecule has 0 spiro atoms. The Hall–Kier alpha value is -2.12. The number of nitrogens with zero attached hydrogens (tertiary/aromatic N) is 4. The number of carbonyl (C=O) groups excluding carboxylic acids is 1. The molecule has 0 saturated carbocycles. The summed E-state index contributed by atoms with van der Waals surface area (Å²) in [6.45, 7) is 4.50. The number of piperidine rings is 2. The van der Waals surface area contributed by atoms with Crippen molar-refractivity contribution in [3.63, 3.8) is 0 Å². The lowest BCUT2D eigenvalue weighted by atomic mass is 9.84. The highest BCUT2D eigenvalue weighted by Crippen LogP contribution is 2.36. The third-order valence-corrected chi connectivity index (χ3v) is 6.24. The third kappa shape index (κ3) is 4.56. The number of amides is 2. The molecule has 2 aliphatic heterocycles. The van der Waals surface area contributed by atoms with Crippen LogP contribution in [0.1, 0.15) is 55.0 Å². The summed E-state index contributed by atoms with van der Waals surface area (Å²) < 4.78 is 5.33. The van der Waals surface area contributed by atoms with Crippen LogP contribution in [0, 0.1) is 0 Å². The smallest absolute Gasteiger partial charge is 0.320 e. The second-order valence-corrected chi connectivity index (χ2v) is 8.37. The molecule has 29 heavy (non-hydrogen) atoms. The maximum Gasteiger partial charge on any atom is 0.320 e. The minimum Gasteiger partial charge on any atom is -0.393 e. The normalized spacial score (nSPS) is 23.4. The van der Waals surface area contributed by atoms with Gasteiger partial charge in [0.15, 0.2) is 0 Å². The fourth-order valence-corrected chi connectivity index (χ4v) is 4.46.